The lowest BCUT2D eigenvalue weighted by molar-refractivity contribution is 0.1000. The van der Waals surface area contributed by atoms with Gasteiger partial charge in [0.15, 0.2) is 0 Å². The Morgan fingerprint density at radius 1 is 1.06 bits per heavy atom. The van der Waals surface area contributed by atoms with Gasteiger partial charge in [-0.15, -0.1) is 0 Å². The van der Waals surface area contributed by atoms with Gasteiger partial charge in [-0.25, -0.2) is 4.39 Å². The molecule has 2 aromatic carbocycles. The fraction of sp³-hybridized carbons (Fsp3) is 0.172. The van der Waals surface area contributed by atoms with Crippen LogP contribution in [0, 0.1) is 5.82 Å². The van der Waals surface area contributed by atoms with Crippen LogP contribution in [0.1, 0.15) is 27.9 Å². The minimum atomic E-state index is -0.395. The maximum atomic E-state index is 13.5. The second kappa shape index (κ2) is 10.1. The quantitative estimate of drug-likeness (QED) is 0.387. The molecule has 0 atom stereocenters. The molecule has 0 fully saturated rings. The predicted molar refractivity (Wildman–Crippen MR) is 137 cm³/mol. The van der Waals surface area contributed by atoms with E-state index in [1.54, 1.807) is 30.6 Å². The van der Waals surface area contributed by atoms with Gasteiger partial charge in [-0.3, -0.25) is 14.7 Å². The zero-order valence-electron chi connectivity index (χ0n) is 19.4. The zero-order chi connectivity index (χ0) is 24.2. The summed E-state index contributed by atoms with van der Waals surface area (Å²) in [6, 6.07) is 18.2. The van der Waals surface area contributed by atoms with Crippen LogP contribution in [0.4, 0.5) is 4.39 Å². The van der Waals surface area contributed by atoms with E-state index >= 15 is 0 Å². The molecule has 0 radical (unpaired) electrons. The average molecular weight is 467 g/mol. The summed E-state index contributed by atoms with van der Waals surface area (Å²) in [5.74, 6) is -0.642. The third-order valence-corrected chi connectivity index (χ3v) is 6.55. The van der Waals surface area contributed by atoms with E-state index in [2.05, 4.69) is 27.1 Å². The summed E-state index contributed by atoms with van der Waals surface area (Å²) in [6.07, 6.45) is 9.75. The number of benzene rings is 2. The molecule has 2 aromatic heterocycles. The molecule has 0 saturated carbocycles. The van der Waals surface area contributed by atoms with Crippen LogP contribution in [-0.2, 0) is 6.42 Å². The van der Waals surface area contributed by atoms with E-state index in [4.69, 9.17) is 5.73 Å². The van der Waals surface area contributed by atoms with Crippen molar-refractivity contribution in [2.75, 3.05) is 19.6 Å². The van der Waals surface area contributed by atoms with Crippen LogP contribution in [0.3, 0.4) is 0 Å². The van der Waals surface area contributed by atoms with E-state index in [1.165, 1.54) is 23.3 Å². The third-order valence-electron chi connectivity index (χ3n) is 6.55. The van der Waals surface area contributed by atoms with Crippen LogP contribution < -0.4 is 5.73 Å². The maximum Gasteiger partial charge on any atom is 0.248 e. The number of rotatable bonds is 7. The van der Waals surface area contributed by atoms with Gasteiger partial charge >= 0.3 is 0 Å². The normalized spacial score (nSPS) is 14.0. The molecule has 0 spiro atoms. The van der Waals surface area contributed by atoms with Gasteiger partial charge in [0.1, 0.15) is 5.82 Å². The summed E-state index contributed by atoms with van der Waals surface area (Å²) in [4.78, 5) is 21.5. The van der Waals surface area contributed by atoms with Gasteiger partial charge in [-0.2, -0.15) is 0 Å². The SMILES string of the molecule is NC(=O)c1cccc(CCN2CC=C(c3c[nH]c(-c4ccc(F)cc4)c3-c3ccncc3)CC2)c1. The van der Waals surface area contributed by atoms with Crippen LogP contribution in [0.2, 0.25) is 0 Å². The number of hydrogen-bond donors (Lipinski definition) is 2. The standard InChI is InChI=1S/C29H27FN4O/c30-25-6-4-23(5-7-25)28-27(22-8-13-32-14-9-22)26(19-33-28)21-11-16-34(17-12-21)15-10-20-2-1-3-24(18-20)29(31)35/h1-9,11,13-14,18-19,33H,10,12,15-17H2,(H2,31,35). The highest BCUT2D eigenvalue weighted by atomic mass is 19.1. The molecule has 0 unspecified atom stereocenters. The van der Waals surface area contributed by atoms with Crippen molar-refractivity contribution in [3.05, 3.63) is 108 Å². The predicted octanol–water partition coefficient (Wildman–Crippen LogP) is 5.31. The smallest absolute Gasteiger partial charge is 0.248 e. The van der Waals surface area contributed by atoms with Crippen LogP contribution >= 0.6 is 0 Å². The Labute approximate surface area is 204 Å². The van der Waals surface area contributed by atoms with E-state index in [9.17, 15) is 9.18 Å². The second-order valence-corrected chi connectivity index (χ2v) is 8.79. The highest BCUT2D eigenvalue weighted by Gasteiger charge is 2.20. The van der Waals surface area contributed by atoms with E-state index in [-0.39, 0.29) is 5.82 Å². The highest BCUT2D eigenvalue weighted by molar-refractivity contribution is 5.93. The molecular formula is C29H27FN4O. The second-order valence-electron chi connectivity index (χ2n) is 8.79. The highest BCUT2D eigenvalue weighted by Crippen LogP contribution is 2.39. The molecule has 1 amide bonds. The summed E-state index contributed by atoms with van der Waals surface area (Å²) in [5, 5.41) is 0. The molecule has 1 aliphatic heterocycles. The zero-order valence-corrected chi connectivity index (χ0v) is 19.4. The average Bonchev–Trinajstić information content (AvgIpc) is 3.34. The summed E-state index contributed by atoms with van der Waals surface area (Å²) in [5.41, 5.74) is 13.7. The van der Waals surface area contributed by atoms with E-state index < -0.39 is 5.91 Å². The third kappa shape index (κ3) is 5.08. The monoisotopic (exact) mass is 466 g/mol. The van der Waals surface area contributed by atoms with Gasteiger partial charge in [0.25, 0.3) is 0 Å². The molecule has 5 rings (SSSR count). The van der Waals surface area contributed by atoms with Gasteiger partial charge in [-0.05, 0) is 83.6 Å². The molecule has 35 heavy (non-hydrogen) atoms. The Kier molecular flexibility index (Phi) is 6.55. The number of aromatic nitrogens is 2. The number of nitrogens with zero attached hydrogens (tertiary/aromatic N) is 2. The Morgan fingerprint density at radius 3 is 2.57 bits per heavy atom. The van der Waals surface area contributed by atoms with Gasteiger partial charge in [0.2, 0.25) is 5.91 Å². The molecule has 0 bridgehead atoms. The molecule has 0 aliphatic carbocycles. The van der Waals surface area contributed by atoms with E-state index in [0.29, 0.717) is 5.56 Å². The number of carbonyl (C=O) groups excluding carboxylic acids is 1. The molecule has 1 aliphatic rings. The van der Waals surface area contributed by atoms with Crippen molar-refractivity contribution in [3.8, 4) is 22.4 Å². The fourth-order valence-corrected chi connectivity index (χ4v) is 4.67. The summed E-state index contributed by atoms with van der Waals surface area (Å²) in [7, 11) is 0. The maximum absolute atomic E-state index is 13.5. The minimum Gasteiger partial charge on any atom is -0.366 e. The first-order valence-corrected chi connectivity index (χ1v) is 11.8. The topological polar surface area (TPSA) is 75.0 Å². The number of aromatic amines is 1. The summed E-state index contributed by atoms with van der Waals surface area (Å²) in [6.45, 7) is 2.73. The van der Waals surface area contributed by atoms with Crippen LogP contribution in [0.5, 0.6) is 0 Å². The number of primary amides is 1. The first-order valence-electron chi connectivity index (χ1n) is 11.8. The number of carbonyl (C=O) groups is 1. The van der Waals surface area contributed by atoms with E-state index in [1.807, 2.05) is 30.3 Å². The van der Waals surface area contributed by atoms with E-state index in [0.717, 1.165) is 60.4 Å². The van der Waals surface area contributed by atoms with Gasteiger partial charge in [-0.1, -0.05) is 18.2 Å². The van der Waals surface area contributed by atoms with Crippen LogP contribution in [0.15, 0.2) is 85.3 Å². The molecule has 6 heteroatoms. The number of H-pyrrole nitrogens is 1. The lowest BCUT2D eigenvalue weighted by atomic mass is 9.92. The number of halogens is 1. The Hall–Kier alpha value is -4.03. The lowest BCUT2D eigenvalue weighted by Gasteiger charge is -2.26. The van der Waals surface area contributed by atoms with Gasteiger partial charge in [0, 0.05) is 54.9 Å². The van der Waals surface area contributed by atoms with Crippen LogP contribution in [0.25, 0.3) is 28.0 Å². The number of amides is 1. The van der Waals surface area contributed by atoms with Crippen molar-refractivity contribution in [2.24, 2.45) is 5.73 Å². The summed E-state index contributed by atoms with van der Waals surface area (Å²) < 4.78 is 13.5. The molecule has 3 heterocycles. The largest absolute Gasteiger partial charge is 0.366 e. The van der Waals surface area contributed by atoms with Gasteiger partial charge < -0.3 is 10.7 Å². The molecule has 0 saturated heterocycles. The Bertz CT molecular complexity index is 1360. The van der Waals surface area contributed by atoms with Crippen molar-refractivity contribution in [1.82, 2.24) is 14.9 Å². The molecule has 4 aromatic rings. The first-order chi connectivity index (χ1) is 17.1. The van der Waals surface area contributed by atoms with Crippen molar-refractivity contribution < 1.29 is 9.18 Å². The summed E-state index contributed by atoms with van der Waals surface area (Å²) >= 11 is 0. The molecule has 5 nitrogen and oxygen atoms in total. The van der Waals surface area contributed by atoms with Crippen molar-refractivity contribution >= 4 is 11.5 Å². The van der Waals surface area contributed by atoms with Crippen molar-refractivity contribution in [3.63, 3.8) is 0 Å². The first kappa shape index (κ1) is 22.7. The van der Waals surface area contributed by atoms with Gasteiger partial charge in [0.05, 0.1) is 5.69 Å². The van der Waals surface area contributed by atoms with Crippen molar-refractivity contribution in [1.29, 1.82) is 0 Å². The lowest BCUT2D eigenvalue weighted by Crippen LogP contribution is -2.30. The number of pyridine rings is 1. The number of hydrogen-bond acceptors (Lipinski definition) is 3. The Balaban J connectivity index is 1.36. The van der Waals surface area contributed by atoms with Crippen LogP contribution in [-0.4, -0.2) is 40.4 Å². The fourth-order valence-electron chi connectivity index (χ4n) is 4.67. The Morgan fingerprint density at radius 2 is 1.86 bits per heavy atom. The molecular weight excluding hydrogens is 439 g/mol. The molecule has 3 N–H and O–H groups in total. The molecule has 176 valence electrons. The van der Waals surface area contributed by atoms with Crippen molar-refractivity contribution in [2.45, 2.75) is 12.8 Å². The number of nitrogens with one attached hydrogen (secondary N) is 1. The minimum absolute atomic E-state index is 0.248. The number of nitrogens with two attached hydrogens (primary N) is 1.